The molecule has 166 valence electrons. The van der Waals surface area contributed by atoms with Gasteiger partial charge in [0.1, 0.15) is 18.2 Å². The molecule has 1 aliphatic carbocycles. The fourth-order valence-electron chi connectivity index (χ4n) is 5.54. The second-order valence-corrected chi connectivity index (χ2v) is 10.6. The predicted octanol–water partition coefficient (Wildman–Crippen LogP) is 8.22. The first-order chi connectivity index (χ1) is 16.3. The minimum Gasteiger partial charge on any atom is -0.454 e. The number of aromatic nitrogens is 1. The number of hydrogen-bond donors (Lipinski definition) is 0. The summed E-state index contributed by atoms with van der Waals surface area (Å²) in [5.74, 6) is -0.523. The van der Waals surface area contributed by atoms with Gasteiger partial charge in [0.15, 0.2) is 6.20 Å². The van der Waals surface area contributed by atoms with Crippen LogP contribution >= 0.6 is 0 Å². The summed E-state index contributed by atoms with van der Waals surface area (Å²) in [5.41, 5.74) is 6.77. The van der Waals surface area contributed by atoms with E-state index in [4.69, 9.17) is 4.42 Å². The molecule has 3 aromatic carbocycles. The van der Waals surface area contributed by atoms with E-state index >= 15 is 0 Å². The third-order valence-electron chi connectivity index (χ3n) is 7.76. The van der Waals surface area contributed by atoms with Gasteiger partial charge in [-0.15, -0.1) is 0 Å². The van der Waals surface area contributed by atoms with Crippen LogP contribution in [0.3, 0.4) is 0 Å². The summed E-state index contributed by atoms with van der Waals surface area (Å²) in [7, 11) is 2.09. The van der Waals surface area contributed by atoms with Crippen LogP contribution in [0.2, 0.25) is 0 Å². The van der Waals surface area contributed by atoms with E-state index in [2.05, 4.69) is 99.2 Å². The van der Waals surface area contributed by atoms with Crippen molar-refractivity contribution in [2.75, 3.05) is 0 Å². The first kappa shape index (κ1) is 19.3. The molecule has 0 bridgehead atoms. The van der Waals surface area contributed by atoms with E-state index in [0.29, 0.717) is 5.41 Å². The van der Waals surface area contributed by atoms with Crippen LogP contribution in [0.4, 0.5) is 0 Å². The van der Waals surface area contributed by atoms with Crippen LogP contribution in [-0.2, 0) is 7.05 Å². The number of furan rings is 1. The van der Waals surface area contributed by atoms with Crippen molar-refractivity contribution in [2.24, 2.45) is 12.5 Å². The molecule has 6 rings (SSSR count). The predicted molar refractivity (Wildman–Crippen MR) is 138 cm³/mol. The molecule has 2 nitrogen and oxygen atoms in total. The number of aryl methyl sites for hydroxylation is 2. The van der Waals surface area contributed by atoms with Crippen LogP contribution in [-0.4, -0.2) is 0 Å². The van der Waals surface area contributed by atoms with E-state index in [1.54, 1.807) is 0 Å². The normalized spacial score (nSPS) is 18.1. The van der Waals surface area contributed by atoms with Crippen LogP contribution in [0.1, 0.15) is 57.9 Å². The Labute approximate surface area is 197 Å². The Bertz CT molecular complexity index is 1570. The quantitative estimate of drug-likeness (QED) is 0.255. The molecular formula is C31H32NO+. The zero-order valence-corrected chi connectivity index (χ0v) is 20.0. The molecule has 33 heavy (non-hydrogen) atoms. The maximum Gasteiger partial charge on any atom is 0.216 e. The Morgan fingerprint density at radius 3 is 2.45 bits per heavy atom. The molecular weight excluding hydrogens is 402 g/mol. The summed E-state index contributed by atoms with van der Waals surface area (Å²) >= 11 is 0. The van der Waals surface area contributed by atoms with E-state index < -0.39 is 5.89 Å². The largest absolute Gasteiger partial charge is 0.454 e. The van der Waals surface area contributed by atoms with Gasteiger partial charge in [-0.3, -0.25) is 0 Å². The van der Waals surface area contributed by atoms with Gasteiger partial charge in [-0.1, -0.05) is 56.3 Å². The smallest absolute Gasteiger partial charge is 0.216 e. The third-order valence-corrected chi connectivity index (χ3v) is 7.76. The monoisotopic (exact) mass is 435 g/mol. The van der Waals surface area contributed by atoms with Crippen molar-refractivity contribution in [1.82, 2.24) is 0 Å². The highest BCUT2D eigenvalue weighted by atomic mass is 16.3. The first-order valence-electron chi connectivity index (χ1n) is 12.6. The Balaban J connectivity index is 1.57. The van der Waals surface area contributed by atoms with Crippen LogP contribution in [0.25, 0.3) is 44.0 Å². The van der Waals surface area contributed by atoms with E-state index in [9.17, 15) is 1.37 Å². The number of nitrogens with zero attached hydrogens (tertiary/aromatic N) is 1. The molecule has 1 saturated carbocycles. The van der Waals surface area contributed by atoms with Gasteiger partial charge in [0.25, 0.3) is 0 Å². The summed E-state index contributed by atoms with van der Waals surface area (Å²) < 4.78 is 18.2. The van der Waals surface area contributed by atoms with Gasteiger partial charge in [0.2, 0.25) is 5.69 Å². The van der Waals surface area contributed by atoms with Crippen molar-refractivity contribution in [3.63, 3.8) is 0 Å². The Morgan fingerprint density at radius 2 is 1.64 bits per heavy atom. The highest BCUT2D eigenvalue weighted by molar-refractivity contribution is 6.17. The molecule has 0 amide bonds. The van der Waals surface area contributed by atoms with Gasteiger partial charge in [-0.25, -0.2) is 4.57 Å². The van der Waals surface area contributed by atoms with Gasteiger partial charge in [0, 0.05) is 29.7 Å². The molecule has 1 fully saturated rings. The van der Waals surface area contributed by atoms with E-state index in [1.807, 2.05) is 0 Å². The summed E-state index contributed by atoms with van der Waals surface area (Å²) in [5, 5.41) is 4.64. The summed E-state index contributed by atoms with van der Waals surface area (Å²) in [6.07, 6.45) is 6.13. The number of fused-ring (bicyclic) bond motifs is 5. The topological polar surface area (TPSA) is 17.0 Å². The number of rotatable bonds is 2. The highest BCUT2D eigenvalue weighted by Crippen LogP contribution is 2.44. The van der Waals surface area contributed by atoms with E-state index in [0.717, 1.165) is 69.8 Å². The molecule has 0 radical (unpaired) electrons. The van der Waals surface area contributed by atoms with Crippen molar-refractivity contribution >= 4 is 32.7 Å². The molecule has 0 aliphatic heterocycles. The summed E-state index contributed by atoms with van der Waals surface area (Å²) in [6.45, 7) is 6.82. The summed E-state index contributed by atoms with van der Waals surface area (Å²) in [4.78, 5) is 0. The third kappa shape index (κ3) is 3.35. The Hall–Kier alpha value is -3.13. The van der Waals surface area contributed by atoms with Crippen LogP contribution in [0, 0.1) is 12.3 Å². The molecule has 1 aliphatic rings. The molecule has 0 saturated heterocycles. The van der Waals surface area contributed by atoms with Crippen molar-refractivity contribution < 1.29 is 10.4 Å². The zero-order valence-electron chi connectivity index (χ0n) is 21.0. The summed E-state index contributed by atoms with van der Waals surface area (Å²) in [6, 6.07) is 21.6. The maximum atomic E-state index is 9.33. The number of hydrogen-bond acceptors (Lipinski definition) is 1. The van der Waals surface area contributed by atoms with Gasteiger partial charge < -0.3 is 4.42 Å². The fourth-order valence-corrected chi connectivity index (χ4v) is 5.54. The van der Waals surface area contributed by atoms with E-state index in [1.165, 1.54) is 10.9 Å². The van der Waals surface area contributed by atoms with Crippen molar-refractivity contribution in [2.45, 2.75) is 52.3 Å². The molecule has 2 aromatic heterocycles. The standard InChI is InChI=1S/C31H32NO/c1-20-9-11-26-25-12-10-22-7-5-6-8-24(22)29(25)33-30(26)28(20)27-19-23(15-18-32(27)4)21-13-16-31(2,3)17-14-21/h5-12,15,18-19,21H,13-14,16-17H2,1-4H3/q+1/i21D. The SMILES string of the molecule is [2H]C1(c2cc[n+](C)c(-c3c(C)ccc4c3oc3c5ccccc5ccc43)c2)CCC(C)(C)CC1. The van der Waals surface area contributed by atoms with Crippen LogP contribution < -0.4 is 4.57 Å². The molecule has 0 N–H and O–H groups in total. The highest BCUT2D eigenvalue weighted by Gasteiger charge is 2.29. The van der Waals surface area contributed by atoms with E-state index in [-0.39, 0.29) is 0 Å². The van der Waals surface area contributed by atoms with Crippen LogP contribution in [0.5, 0.6) is 0 Å². The average Bonchev–Trinajstić information content (AvgIpc) is 3.21. The Kier molecular flexibility index (Phi) is 4.37. The van der Waals surface area contributed by atoms with Gasteiger partial charge in [-0.05, 0) is 66.5 Å². The van der Waals surface area contributed by atoms with Crippen molar-refractivity contribution in [3.8, 4) is 11.3 Å². The molecule has 0 spiro atoms. The number of pyridine rings is 1. The Morgan fingerprint density at radius 1 is 0.909 bits per heavy atom. The van der Waals surface area contributed by atoms with Crippen molar-refractivity contribution in [3.05, 3.63) is 78.0 Å². The van der Waals surface area contributed by atoms with Crippen LogP contribution in [0.15, 0.2) is 71.3 Å². The van der Waals surface area contributed by atoms with Crippen molar-refractivity contribution in [1.29, 1.82) is 0 Å². The minimum atomic E-state index is -0.523. The van der Waals surface area contributed by atoms with Gasteiger partial charge in [0.05, 0.1) is 5.56 Å². The molecule has 2 heteroatoms. The fraction of sp³-hybridized carbons (Fsp3) is 0.323. The molecule has 0 atom stereocenters. The molecule has 2 heterocycles. The lowest BCUT2D eigenvalue weighted by molar-refractivity contribution is -0.660. The first-order valence-corrected chi connectivity index (χ1v) is 12.1. The molecule has 5 aromatic rings. The lowest BCUT2D eigenvalue weighted by atomic mass is 9.71. The lowest BCUT2D eigenvalue weighted by Gasteiger charge is -2.34. The van der Waals surface area contributed by atoms with Gasteiger partial charge >= 0.3 is 0 Å². The zero-order chi connectivity index (χ0) is 23.7. The average molecular weight is 436 g/mol. The molecule has 0 unspecified atom stereocenters. The van der Waals surface area contributed by atoms with Gasteiger partial charge in [-0.2, -0.15) is 0 Å². The minimum absolute atomic E-state index is 0.339. The second-order valence-electron chi connectivity index (χ2n) is 10.6. The second kappa shape index (κ2) is 7.45. The lowest BCUT2D eigenvalue weighted by Crippen LogP contribution is -2.31. The maximum absolute atomic E-state index is 9.33. The number of benzene rings is 3.